The molecule has 1 aromatic heterocycles. The molecule has 0 bridgehead atoms. The summed E-state index contributed by atoms with van der Waals surface area (Å²) >= 11 is 0. The molecular formula is C21H30N6. The fourth-order valence-electron chi connectivity index (χ4n) is 4.52. The summed E-state index contributed by atoms with van der Waals surface area (Å²) < 4.78 is 2.27. The van der Waals surface area contributed by atoms with Gasteiger partial charge >= 0.3 is 0 Å². The molecule has 0 radical (unpaired) electrons. The Morgan fingerprint density at radius 3 is 2.81 bits per heavy atom. The third-order valence-electron chi connectivity index (χ3n) is 5.99. The van der Waals surface area contributed by atoms with Crippen LogP contribution in [0.3, 0.4) is 0 Å². The number of likely N-dealkylation sites (tertiary alicyclic amines) is 1. The van der Waals surface area contributed by atoms with E-state index in [1.165, 1.54) is 18.4 Å². The molecule has 0 spiro atoms. The van der Waals surface area contributed by atoms with Gasteiger partial charge in [-0.2, -0.15) is 0 Å². The zero-order valence-electron chi connectivity index (χ0n) is 16.4. The Kier molecular flexibility index (Phi) is 5.41. The molecule has 1 saturated heterocycles. The number of rotatable bonds is 3. The first-order valence-corrected chi connectivity index (χ1v) is 10.2. The molecule has 0 amide bonds. The monoisotopic (exact) mass is 366 g/mol. The van der Waals surface area contributed by atoms with Crippen LogP contribution in [-0.4, -0.2) is 45.8 Å². The van der Waals surface area contributed by atoms with Crippen molar-refractivity contribution in [1.82, 2.24) is 25.0 Å². The molecule has 2 aliphatic heterocycles. The number of aromatic nitrogens is 3. The van der Waals surface area contributed by atoms with E-state index in [1.54, 1.807) is 0 Å². The van der Waals surface area contributed by atoms with Crippen LogP contribution in [0.4, 0.5) is 0 Å². The predicted octanol–water partition coefficient (Wildman–Crippen LogP) is 2.82. The molecule has 6 heteroatoms. The lowest BCUT2D eigenvalue weighted by Crippen LogP contribution is -2.48. The van der Waals surface area contributed by atoms with Crippen LogP contribution >= 0.6 is 0 Å². The summed E-state index contributed by atoms with van der Waals surface area (Å²) in [5.41, 5.74) is 1.46. The molecule has 0 aliphatic carbocycles. The smallest absolute Gasteiger partial charge is 0.194 e. The number of aliphatic imine (C=N–C) groups is 1. The Labute approximate surface area is 161 Å². The molecule has 1 N–H and O–H groups in total. The van der Waals surface area contributed by atoms with E-state index in [-0.39, 0.29) is 0 Å². The lowest BCUT2D eigenvalue weighted by Gasteiger charge is -2.38. The van der Waals surface area contributed by atoms with Crippen LogP contribution in [0.15, 0.2) is 35.3 Å². The van der Waals surface area contributed by atoms with Crippen LogP contribution in [-0.2, 0) is 19.5 Å². The molecule has 3 heterocycles. The van der Waals surface area contributed by atoms with Gasteiger partial charge < -0.3 is 14.8 Å². The van der Waals surface area contributed by atoms with E-state index in [0.29, 0.717) is 18.4 Å². The number of nitrogens with one attached hydrogen (secondary N) is 1. The van der Waals surface area contributed by atoms with E-state index in [0.717, 1.165) is 50.1 Å². The van der Waals surface area contributed by atoms with Gasteiger partial charge in [-0.1, -0.05) is 37.3 Å². The van der Waals surface area contributed by atoms with Gasteiger partial charge in [0.25, 0.3) is 0 Å². The van der Waals surface area contributed by atoms with Crippen molar-refractivity contribution >= 4 is 5.96 Å². The SMILES string of the molecule is CN=C(NCc1nnc2n1CCCC2)N1CCC(c2ccccc2)C(C)C1. The first-order chi connectivity index (χ1) is 13.3. The van der Waals surface area contributed by atoms with Crippen LogP contribution in [0.2, 0.25) is 0 Å². The van der Waals surface area contributed by atoms with Crippen molar-refractivity contribution in [1.29, 1.82) is 0 Å². The molecule has 4 rings (SSSR count). The van der Waals surface area contributed by atoms with Crippen LogP contribution in [0.25, 0.3) is 0 Å². The van der Waals surface area contributed by atoms with Crippen LogP contribution in [0.1, 0.15) is 49.3 Å². The largest absolute Gasteiger partial charge is 0.349 e. The average molecular weight is 367 g/mol. The third kappa shape index (κ3) is 3.84. The summed E-state index contributed by atoms with van der Waals surface area (Å²) in [6.45, 7) is 6.13. The molecule has 1 fully saturated rings. The topological polar surface area (TPSA) is 58.3 Å². The Bertz CT molecular complexity index is 781. The second kappa shape index (κ2) is 8.11. The summed E-state index contributed by atoms with van der Waals surface area (Å²) in [4.78, 5) is 6.92. The fraction of sp³-hybridized carbons (Fsp3) is 0.571. The van der Waals surface area contributed by atoms with Crippen molar-refractivity contribution in [3.8, 4) is 0 Å². The Hall–Kier alpha value is -2.37. The summed E-state index contributed by atoms with van der Waals surface area (Å²) in [7, 11) is 1.87. The van der Waals surface area contributed by atoms with Crippen LogP contribution in [0.5, 0.6) is 0 Å². The molecule has 2 aromatic rings. The number of hydrogen-bond acceptors (Lipinski definition) is 3. The predicted molar refractivity (Wildman–Crippen MR) is 108 cm³/mol. The average Bonchev–Trinajstić information content (AvgIpc) is 3.12. The van der Waals surface area contributed by atoms with E-state index < -0.39 is 0 Å². The summed E-state index contributed by atoms with van der Waals surface area (Å²) in [6.07, 6.45) is 4.65. The number of piperidine rings is 1. The Balaban J connectivity index is 1.37. The lowest BCUT2D eigenvalue weighted by atomic mass is 9.82. The minimum Gasteiger partial charge on any atom is -0.349 e. The van der Waals surface area contributed by atoms with Crippen LogP contribution < -0.4 is 5.32 Å². The highest BCUT2D eigenvalue weighted by Gasteiger charge is 2.28. The summed E-state index contributed by atoms with van der Waals surface area (Å²) in [6, 6.07) is 10.9. The Morgan fingerprint density at radius 2 is 2.04 bits per heavy atom. The maximum atomic E-state index is 4.53. The van der Waals surface area contributed by atoms with Gasteiger partial charge in [-0.25, -0.2) is 0 Å². The first-order valence-electron chi connectivity index (χ1n) is 10.2. The number of guanidine groups is 1. The van der Waals surface area contributed by atoms with E-state index in [4.69, 9.17) is 0 Å². The number of benzene rings is 1. The van der Waals surface area contributed by atoms with Gasteiger partial charge in [0.1, 0.15) is 5.82 Å². The third-order valence-corrected chi connectivity index (χ3v) is 5.99. The first kappa shape index (κ1) is 18.0. The summed E-state index contributed by atoms with van der Waals surface area (Å²) in [5.74, 6) is 4.36. The van der Waals surface area contributed by atoms with Crippen molar-refractivity contribution in [2.75, 3.05) is 20.1 Å². The van der Waals surface area contributed by atoms with E-state index in [9.17, 15) is 0 Å². The van der Waals surface area contributed by atoms with Gasteiger partial charge in [0.15, 0.2) is 11.8 Å². The number of aryl methyl sites for hydroxylation is 1. The number of nitrogens with zero attached hydrogens (tertiary/aromatic N) is 5. The van der Waals surface area contributed by atoms with Gasteiger partial charge in [-0.05, 0) is 36.7 Å². The molecule has 27 heavy (non-hydrogen) atoms. The lowest BCUT2D eigenvalue weighted by molar-refractivity contribution is 0.234. The molecule has 1 aromatic carbocycles. The molecule has 2 atom stereocenters. The van der Waals surface area contributed by atoms with Gasteiger partial charge in [-0.3, -0.25) is 4.99 Å². The molecule has 6 nitrogen and oxygen atoms in total. The number of fused-ring (bicyclic) bond motifs is 1. The van der Waals surface area contributed by atoms with Crippen LogP contribution in [0, 0.1) is 5.92 Å². The van der Waals surface area contributed by atoms with Gasteiger partial charge in [0.05, 0.1) is 6.54 Å². The second-order valence-corrected chi connectivity index (χ2v) is 7.77. The fourth-order valence-corrected chi connectivity index (χ4v) is 4.52. The van der Waals surface area contributed by atoms with Crippen molar-refractivity contribution in [3.63, 3.8) is 0 Å². The highest BCUT2D eigenvalue weighted by atomic mass is 15.3. The minimum absolute atomic E-state index is 0.598. The molecule has 144 valence electrons. The zero-order chi connectivity index (χ0) is 18.6. The van der Waals surface area contributed by atoms with E-state index in [2.05, 4.69) is 67.2 Å². The molecule has 0 saturated carbocycles. The molecule has 2 aliphatic rings. The molecule has 2 unspecified atom stereocenters. The van der Waals surface area contributed by atoms with E-state index >= 15 is 0 Å². The second-order valence-electron chi connectivity index (χ2n) is 7.77. The minimum atomic E-state index is 0.598. The molecular weight excluding hydrogens is 336 g/mol. The quantitative estimate of drug-likeness (QED) is 0.670. The van der Waals surface area contributed by atoms with Crippen molar-refractivity contribution in [3.05, 3.63) is 47.5 Å². The highest BCUT2D eigenvalue weighted by Crippen LogP contribution is 2.32. The normalized spacial score (nSPS) is 23.2. The van der Waals surface area contributed by atoms with Gasteiger partial charge in [-0.15, -0.1) is 10.2 Å². The van der Waals surface area contributed by atoms with Gasteiger partial charge in [0.2, 0.25) is 0 Å². The van der Waals surface area contributed by atoms with Gasteiger partial charge in [0, 0.05) is 33.1 Å². The standard InChI is InChI=1S/C21H30N6/c1-16-15-26(13-11-18(16)17-8-4-3-5-9-17)21(22-2)23-14-20-25-24-19-10-6-7-12-27(19)20/h3-5,8-9,16,18H,6-7,10-15H2,1-2H3,(H,22,23). The van der Waals surface area contributed by atoms with Crippen molar-refractivity contribution in [2.45, 2.75) is 51.6 Å². The summed E-state index contributed by atoms with van der Waals surface area (Å²) in [5, 5.41) is 12.3. The van der Waals surface area contributed by atoms with E-state index in [1.807, 2.05) is 7.05 Å². The Morgan fingerprint density at radius 1 is 1.19 bits per heavy atom. The highest BCUT2D eigenvalue weighted by molar-refractivity contribution is 5.79. The zero-order valence-corrected chi connectivity index (χ0v) is 16.4. The number of hydrogen-bond donors (Lipinski definition) is 1. The maximum absolute atomic E-state index is 4.53. The van der Waals surface area contributed by atoms with Crippen molar-refractivity contribution < 1.29 is 0 Å². The maximum Gasteiger partial charge on any atom is 0.194 e. The van der Waals surface area contributed by atoms with Crippen molar-refractivity contribution in [2.24, 2.45) is 10.9 Å².